The molecule has 6 nitrogen and oxygen atoms in total. The van der Waals surface area contributed by atoms with E-state index in [2.05, 4.69) is 15.9 Å². The zero-order valence-electron chi connectivity index (χ0n) is 9.51. The van der Waals surface area contributed by atoms with Crippen LogP contribution in [-0.4, -0.2) is 22.1 Å². The van der Waals surface area contributed by atoms with Gasteiger partial charge in [-0.25, -0.2) is 4.79 Å². The van der Waals surface area contributed by atoms with Crippen molar-refractivity contribution in [3.05, 3.63) is 31.7 Å². The molecule has 1 fully saturated rings. The summed E-state index contributed by atoms with van der Waals surface area (Å²) in [7, 11) is 0. The van der Waals surface area contributed by atoms with E-state index in [1.54, 1.807) is 0 Å². The van der Waals surface area contributed by atoms with Crippen molar-refractivity contribution in [2.45, 2.75) is 18.9 Å². The van der Waals surface area contributed by atoms with Gasteiger partial charge in [0.05, 0.1) is 9.40 Å². The highest BCUT2D eigenvalue weighted by Crippen LogP contribution is 2.42. The van der Waals surface area contributed by atoms with Crippen molar-refractivity contribution in [1.29, 1.82) is 0 Å². The van der Waals surface area contributed by atoms with Crippen LogP contribution in [0.25, 0.3) is 0 Å². The molecule has 0 aromatic heterocycles. The third-order valence-corrected chi connectivity index (χ3v) is 3.53. The number of nitro benzene ring substituents is 1. The Morgan fingerprint density at radius 3 is 2.68 bits per heavy atom. The predicted molar refractivity (Wildman–Crippen MR) is 70.6 cm³/mol. The van der Waals surface area contributed by atoms with Gasteiger partial charge in [-0.05, 0) is 34.8 Å². The number of carboxylic acids is 1. The summed E-state index contributed by atoms with van der Waals surface area (Å²) in [5.41, 5.74) is -0.355. The minimum Gasteiger partial charge on any atom is -0.478 e. The van der Waals surface area contributed by atoms with Crippen LogP contribution in [0, 0.1) is 16.0 Å². The molecule has 1 aliphatic rings. The van der Waals surface area contributed by atoms with E-state index in [1.165, 1.54) is 6.07 Å². The lowest BCUT2D eigenvalue weighted by atomic mass is 10.2. The molecule has 1 aliphatic carbocycles. The van der Waals surface area contributed by atoms with Gasteiger partial charge in [-0.1, -0.05) is 11.6 Å². The number of hydrogen-bond acceptors (Lipinski definition) is 4. The van der Waals surface area contributed by atoms with Gasteiger partial charge in [-0.15, -0.1) is 0 Å². The third kappa shape index (κ3) is 3.16. The number of halogens is 2. The van der Waals surface area contributed by atoms with E-state index in [4.69, 9.17) is 21.4 Å². The summed E-state index contributed by atoms with van der Waals surface area (Å²) in [5, 5.41) is 20.2. The van der Waals surface area contributed by atoms with Gasteiger partial charge in [-0.3, -0.25) is 10.1 Å². The number of carboxylic acid groups (broad SMARTS) is 1. The summed E-state index contributed by atoms with van der Waals surface area (Å²) in [5.74, 6) is -1.33. The van der Waals surface area contributed by atoms with Crippen molar-refractivity contribution >= 4 is 39.2 Å². The minimum atomic E-state index is -1.13. The molecule has 1 aromatic rings. The molecule has 8 heteroatoms. The maximum Gasteiger partial charge on any atom is 0.345 e. The molecule has 0 amide bonds. The lowest BCUT2D eigenvalue weighted by molar-refractivity contribution is -0.386. The summed E-state index contributed by atoms with van der Waals surface area (Å²) in [6, 6.07) is 2.56. The van der Waals surface area contributed by atoms with E-state index in [0.29, 0.717) is 0 Å². The molecule has 0 radical (unpaired) electrons. The van der Waals surface area contributed by atoms with Crippen molar-refractivity contribution in [1.82, 2.24) is 0 Å². The second-order valence-corrected chi connectivity index (χ2v) is 5.50. The Kier molecular flexibility index (Phi) is 3.96. The number of rotatable bonds is 5. The standard InChI is InChI=1S/C11H9BrClNO5/c12-7-3-6(13)4-8(14(17)18)10(7)19-9(11(15)16)5-1-2-5/h3-5,9H,1-2H2,(H,15,16). The molecule has 0 spiro atoms. The van der Waals surface area contributed by atoms with E-state index in [9.17, 15) is 14.9 Å². The molecule has 2 rings (SSSR count). The molecule has 0 heterocycles. The van der Waals surface area contributed by atoms with Crippen LogP contribution < -0.4 is 4.74 Å². The Morgan fingerprint density at radius 2 is 2.21 bits per heavy atom. The van der Waals surface area contributed by atoms with Crippen LogP contribution in [0.15, 0.2) is 16.6 Å². The highest BCUT2D eigenvalue weighted by Gasteiger charge is 2.39. The second-order valence-electron chi connectivity index (χ2n) is 4.21. The van der Waals surface area contributed by atoms with Crippen LogP contribution in [0.4, 0.5) is 5.69 Å². The van der Waals surface area contributed by atoms with Crippen molar-refractivity contribution in [3.8, 4) is 5.75 Å². The van der Waals surface area contributed by atoms with E-state index in [1.807, 2.05) is 0 Å². The largest absolute Gasteiger partial charge is 0.478 e. The average molecular weight is 351 g/mol. The van der Waals surface area contributed by atoms with Crippen LogP contribution in [0.2, 0.25) is 5.02 Å². The smallest absolute Gasteiger partial charge is 0.345 e. The van der Waals surface area contributed by atoms with Crippen molar-refractivity contribution in [2.24, 2.45) is 5.92 Å². The zero-order valence-corrected chi connectivity index (χ0v) is 11.8. The fraction of sp³-hybridized carbons (Fsp3) is 0.364. The van der Waals surface area contributed by atoms with Gasteiger partial charge in [0, 0.05) is 17.0 Å². The van der Waals surface area contributed by atoms with E-state index >= 15 is 0 Å². The number of ether oxygens (including phenoxy) is 1. The topological polar surface area (TPSA) is 89.7 Å². The molecule has 0 saturated heterocycles. The second kappa shape index (κ2) is 5.34. The number of aliphatic carboxylic acids is 1. The van der Waals surface area contributed by atoms with E-state index < -0.39 is 17.0 Å². The van der Waals surface area contributed by atoms with Gasteiger partial charge in [-0.2, -0.15) is 0 Å². The average Bonchev–Trinajstić information content (AvgIpc) is 3.10. The lowest BCUT2D eigenvalue weighted by Gasteiger charge is -2.15. The monoisotopic (exact) mass is 349 g/mol. The van der Waals surface area contributed by atoms with Crippen LogP contribution in [0.5, 0.6) is 5.75 Å². The number of benzene rings is 1. The van der Waals surface area contributed by atoms with Crippen LogP contribution in [0.1, 0.15) is 12.8 Å². The van der Waals surface area contributed by atoms with Crippen LogP contribution >= 0.6 is 27.5 Å². The Hall–Kier alpha value is -1.34. The third-order valence-electron chi connectivity index (χ3n) is 2.72. The molecule has 1 saturated carbocycles. The summed E-state index contributed by atoms with van der Waals surface area (Å²) in [4.78, 5) is 21.4. The first-order chi connectivity index (χ1) is 8.90. The van der Waals surface area contributed by atoms with Gasteiger partial charge in [0.25, 0.3) is 0 Å². The van der Waals surface area contributed by atoms with Gasteiger partial charge < -0.3 is 9.84 Å². The summed E-state index contributed by atoms with van der Waals surface area (Å²) in [6.07, 6.45) is 0.419. The molecule has 0 bridgehead atoms. The number of nitro groups is 1. The normalized spacial score (nSPS) is 15.9. The number of hydrogen-bond donors (Lipinski definition) is 1. The Labute approximate surface area is 121 Å². The molecule has 1 aromatic carbocycles. The SMILES string of the molecule is O=C(O)C(Oc1c(Br)cc(Cl)cc1[N+](=O)[O-])C1CC1. The van der Waals surface area contributed by atoms with Crippen LogP contribution in [0.3, 0.4) is 0 Å². The van der Waals surface area contributed by atoms with Gasteiger partial charge in [0.15, 0.2) is 6.10 Å². The molecule has 1 unspecified atom stereocenters. The Balaban J connectivity index is 2.37. The van der Waals surface area contributed by atoms with Crippen molar-refractivity contribution < 1.29 is 19.6 Å². The summed E-state index contributed by atoms with van der Waals surface area (Å²) in [6.45, 7) is 0. The Bertz CT molecular complexity index is 546. The van der Waals surface area contributed by atoms with Gasteiger partial charge in [0.1, 0.15) is 0 Å². The molecule has 1 atom stereocenters. The first-order valence-electron chi connectivity index (χ1n) is 5.43. The maximum absolute atomic E-state index is 11.1. The number of nitrogens with zero attached hydrogens (tertiary/aromatic N) is 1. The molecule has 102 valence electrons. The predicted octanol–water partition coefficient (Wildman–Crippen LogP) is 3.25. The first kappa shape index (κ1) is 14.1. The quantitative estimate of drug-likeness (QED) is 0.650. The fourth-order valence-corrected chi connectivity index (χ4v) is 2.56. The van der Waals surface area contributed by atoms with E-state index in [-0.39, 0.29) is 26.9 Å². The first-order valence-corrected chi connectivity index (χ1v) is 6.60. The molecule has 0 aliphatic heterocycles. The minimum absolute atomic E-state index is 0.0975. The fourth-order valence-electron chi connectivity index (χ4n) is 1.67. The zero-order chi connectivity index (χ0) is 14.2. The highest BCUT2D eigenvalue weighted by atomic mass is 79.9. The number of carbonyl (C=O) groups is 1. The molecular formula is C11H9BrClNO5. The van der Waals surface area contributed by atoms with Gasteiger partial charge in [0.2, 0.25) is 5.75 Å². The van der Waals surface area contributed by atoms with E-state index in [0.717, 1.165) is 18.9 Å². The maximum atomic E-state index is 11.1. The summed E-state index contributed by atoms with van der Waals surface area (Å²) < 4.78 is 5.59. The lowest BCUT2D eigenvalue weighted by Crippen LogP contribution is -2.29. The molecule has 19 heavy (non-hydrogen) atoms. The molecule has 1 N–H and O–H groups in total. The van der Waals surface area contributed by atoms with Crippen molar-refractivity contribution in [2.75, 3.05) is 0 Å². The Morgan fingerprint density at radius 1 is 1.58 bits per heavy atom. The van der Waals surface area contributed by atoms with Crippen LogP contribution in [-0.2, 0) is 4.79 Å². The highest BCUT2D eigenvalue weighted by molar-refractivity contribution is 9.10. The van der Waals surface area contributed by atoms with Crippen molar-refractivity contribution in [3.63, 3.8) is 0 Å². The summed E-state index contributed by atoms with van der Waals surface area (Å²) >= 11 is 8.84. The van der Waals surface area contributed by atoms with Gasteiger partial charge >= 0.3 is 11.7 Å². The molecular weight excluding hydrogens is 341 g/mol.